The molecule has 10 heteroatoms. The van der Waals surface area contributed by atoms with Crippen molar-refractivity contribution in [3.8, 4) is 11.4 Å². The van der Waals surface area contributed by atoms with Crippen molar-refractivity contribution in [2.45, 2.75) is 42.8 Å². The van der Waals surface area contributed by atoms with E-state index in [1.54, 1.807) is 18.5 Å². The highest BCUT2D eigenvalue weighted by Gasteiger charge is 2.25. The van der Waals surface area contributed by atoms with E-state index in [0.717, 1.165) is 41.7 Å². The van der Waals surface area contributed by atoms with Crippen molar-refractivity contribution >= 4 is 34.5 Å². The van der Waals surface area contributed by atoms with Crippen molar-refractivity contribution in [3.63, 3.8) is 0 Å². The number of hydrogen-bond acceptors (Lipinski definition) is 7. The predicted molar refractivity (Wildman–Crippen MR) is 122 cm³/mol. The molecule has 164 valence electrons. The van der Waals surface area contributed by atoms with Gasteiger partial charge in [0.2, 0.25) is 11.9 Å². The van der Waals surface area contributed by atoms with Crippen molar-refractivity contribution in [1.29, 1.82) is 0 Å². The number of thioether (sulfide) groups is 1. The van der Waals surface area contributed by atoms with Crippen LogP contribution in [0.5, 0.6) is 0 Å². The molecular formula is C22H23N7O2S. The fraction of sp³-hybridized carbons (Fsp3) is 0.318. The fourth-order valence-corrected chi connectivity index (χ4v) is 4.63. The van der Waals surface area contributed by atoms with Gasteiger partial charge in [-0.05, 0) is 31.9 Å². The lowest BCUT2D eigenvalue weighted by atomic mass is 10.1. The summed E-state index contributed by atoms with van der Waals surface area (Å²) in [5, 5.41) is 13.0. The molecule has 0 bridgehead atoms. The van der Waals surface area contributed by atoms with E-state index in [2.05, 4.69) is 41.1 Å². The van der Waals surface area contributed by atoms with Crippen molar-refractivity contribution in [3.05, 3.63) is 48.9 Å². The second kappa shape index (κ2) is 9.09. The Morgan fingerprint density at radius 1 is 1.28 bits per heavy atom. The van der Waals surface area contributed by atoms with Crippen LogP contribution in [0, 0.1) is 0 Å². The first-order valence-corrected chi connectivity index (χ1v) is 11.4. The summed E-state index contributed by atoms with van der Waals surface area (Å²) >= 11 is 1.36. The quantitative estimate of drug-likeness (QED) is 0.415. The first kappa shape index (κ1) is 20.7. The topological polar surface area (TPSA) is 111 Å². The molecule has 1 amide bonds. The minimum Gasteiger partial charge on any atom is -0.376 e. The van der Waals surface area contributed by atoms with Gasteiger partial charge in [0.25, 0.3) is 0 Å². The lowest BCUT2D eigenvalue weighted by Crippen LogP contribution is -2.24. The lowest BCUT2D eigenvalue weighted by Gasteiger charge is -2.16. The maximum atomic E-state index is 12.7. The molecule has 0 aliphatic carbocycles. The molecule has 0 unspecified atom stereocenters. The molecule has 2 N–H and O–H groups in total. The molecule has 2 atom stereocenters. The van der Waals surface area contributed by atoms with Crippen LogP contribution in [-0.2, 0) is 16.1 Å². The number of H-pyrrole nitrogens is 1. The van der Waals surface area contributed by atoms with Crippen LogP contribution >= 0.6 is 11.8 Å². The number of amides is 1. The standard InChI is InChI=1S/C22H23N7O2S/c1-14(20(30)26-21-23-9-5-10-24-21)32-22-28-27-19(29(22)13-15-6-4-11-31-15)17-12-25-18-8-3-2-7-16(17)18/h2-3,5,7-10,12,14-15,25H,4,6,11,13H2,1H3,(H,23,24,26,30)/t14-,15-/m1/s1. The summed E-state index contributed by atoms with van der Waals surface area (Å²) in [5.41, 5.74) is 2.02. The van der Waals surface area contributed by atoms with E-state index < -0.39 is 5.25 Å². The number of rotatable bonds is 7. The van der Waals surface area contributed by atoms with Crippen LogP contribution in [0.4, 0.5) is 5.95 Å². The number of hydrogen-bond donors (Lipinski definition) is 2. The van der Waals surface area contributed by atoms with Crippen molar-refractivity contribution in [2.24, 2.45) is 0 Å². The van der Waals surface area contributed by atoms with E-state index in [1.165, 1.54) is 11.8 Å². The second-order valence-corrected chi connectivity index (χ2v) is 8.93. The van der Waals surface area contributed by atoms with Crippen LogP contribution in [0.3, 0.4) is 0 Å². The van der Waals surface area contributed by atoms with Crippen LogP contribution in [0.2, 0.25) is 0 Å². The Labute approximate surface area is 189 Å². The SMILES string of the molecule is C[C@@H](Sc1nnc(-c2c[nH]c3ccccc23)n1C[C@H]1CCCO1)C(=O)Nc1ncccn1. The first-order chi connectivity index (χ1) is 15.7. The molecule has 1 saturated heterocycles. The molecule has 1 fully saturated rings. The molecule has 5 rings (SSSR count). The van der Waals surface area contributed by atoms with E-state index in [4.69, 9.17) is 4.74 Å². The number of aromatic nitrogens is 6. The summed E-state index contributed by atoms with van der Waals surface area (Å²) in [7, 11) is 0. The Morgan fingerprint density at radius 2 is 2.12 bits per heavy atom. The number of ether oxygens (including phenoxy) is 1. The van der Waals surface area contributed by atoms with Crippen molar-refractivity contribution < 1.29 is 9.53 Å². The molecular weight excluding hydrogens is 426 g/mol. The largest absolute Gasteiger partial charge is 0.376 e. The Hall–Kier alpha value is -3.24. The Morgan fingerprint density at radius 3 is 2.94 bits per heavy atom. The zero-order valence-electron chi connectivity index (χ0n) is 17.6. The zero-order chi connectivity index (χ0) is 21.9. The number of fused-ring (bicyclic) bond motifs is 1. The predicted octanol–water partition coefficient (Wildman–Crippen LogP) is 3.51. The fourth-order valence-electron chi connectivity index (χ4n) is 3.78. The molecule has 0 radical (unpaired) electrons. The Bertz CT molecular complexity index is 1220. The molecule has 3 aromatic heterocycles. The van der Waals surface area contributed by atoms with Gasteiger partial charge in [0.15, 0.2) is 11.0 Å². The van der Waals surface area contributed by atoms with Gasteiger partial charge < -0.3 is 9.72 Å². The van der Waals surface area contributed by atoms with Crippen LogP contribution in [0.25, 0.3) is 22.3 Å². The zero-order valence-corrected chi connectivity index (χ0v) is 18.4. The van der Waals surface area contributed by atoms with Crippen LogP contribution in [-0.4, -0.2) is 53.6 Å². The average Bonchev–Trinajstić information content (AvgIpc) is 3.56. The monoisotopic (exact) mass is 449 g/mol. The third-order valence-electron chi connectivity index (χ3n) is 5.41. The van der Waals surface area contributed by atoms with E-state index in [1.807, 2.05) is 31.3 Å². The molecule has 0 spiro atoms. The first-order valence-electron chi connectivity index (χ1n) is 10.5. The van der Waals surface area contributed by atoms with E-state index in [0.29, 0.717) is 11.7 Å². The summed E-state index contributed by atoms with van der Waals surface area (Å²) in [5.74, 6) is 0.853. The Balaban J connectivity index is 1.43. The Kier molecular flexibility index (Phi) is 5.87. The minimum atomic E-state index is -0.415. The molecule has 9 nitrogen and oxygen atoms in total. The highest BCUT2D eigenvalue weighted by Crippen LogP contribution is 2.32. The van der Waals surface area contributed by atoms with Gasteiger partial charge in [-0.3, -0.25) is 14.7 Å². The second-order valence-electron chi connectivity index (χ2n) is 7.62. The number of nitrogens with one attached hydrogen (secondary N) is 2. The summed E-state index contributed by atoms with van der Waals surface area (Å²) in [6.07, 6.45) is 7.29. The molecule has 1 aromatic carbocycles. The van der Waals surface area contributed by atoms with Gasteiger partial charge in [-0.25, -0.2) is 9.97 Å². The smallest absolute Gasteiger partial charge is 0.240 e. The highest BCUT2D eigenvalue weighted by atomic mass is 32.2. The van der Waals surface area contributed by atoms with Crippen LogP contribution in [0.15, 0.2) is 54.1 Å². The van der Waals surface area contributed by atoms with Crippen molar-refractivity contribution in [2.75, 3.05) is 11.9 Å². The van der Waals surface area contributed by atoms with Crippen molar-refractivity contribution in [1.82, 2.24) is 29.7 Å². The number of carbonyl (C=O) groups is 1. The highest BCUT2D eigenvalue weighted by molar-refractivity contribution is 8.00. The summed E-state index contributed by atoms with van der Waals surface area (Å²) < 4.78 is 7.95. The molecule has 32 heavy (non-hydrogen) atoms. The lowest BCUT2D eigenvalue weighted by molar-refractivity contribution is -0.115. The van der Waals surface area contributed by atoms with Gasteiger partial charge in [-0.15, -0.1) is 10.2 Å². The normalized spacial score (nSPS) is 17.0. The van der Waals surface area contributed by atoms with Gasteiger partial charge in [0, 0.05) is 41.7 Å². The molecule has 4 aromatic rings. The third-order valence-corrected chi connectivity index (χ3v) is 6.49. The van der Waals surface area contributed by atoms with Gasteiger partial charge in [0.05, 0.1) is 17.9 Å². The number of para-hydroxylation sites is 1. The summed E-state index contributed by atoms with van der Waals surface area (Å²) in [4.78, 5) is 24.1. The number of carbonyl (C=O) groups excluding carboxylic acids is 1. The molecule has 1 aliphatic heterocycles. The third kappa shape index (κ3) is 4.23. The van der Waals surface area contributed by atoms with Crippen LogP contribution in [0.1, 0.15) is 19.8 Å². The van der Waals surface area contributed by atoms with Gasteiger partial charge in [-0.1, -0.05) is 30.0 Å². The maximum Gasteiger partial charge on any atom is 0.240 e. The maximum absolute atomic E-state index is 12.7. The molecule has 4 heterocycles. The summed E-state index contributed by atoms with van der Waals surface area (Å²) in [6, 6.07) is 9.81. The molecule has 0 saturated carbocycles. The number of nitrogens with zero attached hydrogens (tertiary/aromatic N) is 5. The molecule has 1 aliphatic rings. The number of anilines is 1. The van der Waals surface area contributed by atoms with E-state index >= 15 is 0 Å². The number of aromatic amines is 1. The van der Waals surface area contributed by atoms with Gasteiger partial charge >= 0.3 is 0 Å². The van der Waals surface area contributed by atoms with Crippen LogP contribution < -0.4 is 5.32 Å². The summed E-state index contributed by atoms with van der Waals surface area (Å²) in [6.45, 7) is 3.24. The minimum absolute atomic E-state index is 0.108. The van der Waals surface area contributed by atoms with E-state index in [9.17, 15) is 4.79 Å². The van der Waals surface area contributed by atoms with Gasteiger partial charge in [-0.2, -0.15) is 0 Å². The average molecular weight is 450 g/mol. The number of benzene rings is 1. The van der Waals surface area contributed by atoms with E-state index in [-0.39, 0.29) is 18.0 Å². The van der Waals surface area contributed by atoms with Gasteiger partial charge in [0.1, 0.15) is 0 Å².